The number of esters is 1. The van der Waals surface area contributed by atoms with E-state index in [1.165, 1.54) is 25.7 Å². The molecule has 0 aliphatic rings. The van der Waals surface area contributed by atoms with Crippen molar-refractivity contribution in [3.8, 4) is 11.5 Å². The van der Waals surface area contributed by atoms with Crippen molar-refractivity contribution in [2.75, 3.05) is 13.7 Å². The summed E-state index contributed by atoms with van der Waals surface area (Å²) in [6.07, 6.45) is 2.74. The predicted octanol–water partition coefficient (Wildman–Crippen LogP) is 3.15. The average molecular weight is 500 g/mol. The first-order chi connectivity index (χ1) is 15.5. The van der Waals surface area contributed by atoms with Crippen LogP contribution in [0.3, 0.4) is 0 Å². The van der Waals surface area contributed by atoms with Crippen LogP contribution in [0.4, 0.5) is 0 Å². The molecule has 164 valence electrons. The molecule has 0 aliphatic heterocycles. The molecule has 0 radical (unpaired) electrons. The molecule has 9 nitrogen and oxygen atoms in total. The van der Waals surface area contributed by atoms with Crippen molar-refractivity contribution >= 4 is 39.9 Å². The zero-order chi connectivity index (χ0) is 22.9. The fourth-order valence-electron chi connectivity index (χ4n) is 2.50. The van der Waals surface area contributed by atoms with E-state index in [-0.39, 0.29) is 18.1 Å². The Morgan fingerprint density at radius 3 is 2.62 bits per heavy atom. The van der Waals surface area contributed by atoms with Crippen LogP contribution in [0, 0.1) is 0 Å². The maximum Gasteiger partial charge on any atom is 0.344 e. The minimum Gasteiger partial charge on any atom is -0.493 e. The molecule has 0 atom stereocenters. The molecule has 0 aliphatic carbocycles. The highest BCUT2D eigenvalue weighted by molar-refractivity contribution is 9.10. The summed E-state index contributed by atoms with van der Waals surface area (Å²) in [6, 6.07) is 14.7. The van der Waals surface area contributed by atoms with E-state index in [1.54, 1.807) is 48.5 Å². The summed E-state index contributed by atoms with van der Waals surface area (Å²) in [6.45, 7) is -0.274. The summed E-state index contributed by atoms with van der Waals surface area (Å²) in [4.78, 5) is 35.9. The topological polar surface area (TPSA) is 119 Å². The van der Waals surface area contributed by atoms with Crippen LogP contribution in [0.1, 0.15) is 26.5 Å². The summed E-state index contributed by atoms with van der Waals surface area (Å²) in [5, 5.41) is 6.24. The van der Waals surface area contributed by atoms with Gasteiger partial charge in [0.2, 0.25) is 0 Å². The third kappa shape index (κ3) is 6.05. The number of hydrogen-bond donors (Lipinski definition) is 2. The second-order valence-electron chi connectivity index (χ2n) is 6.23. The summed E-state index contributed by atoms with van der Waals surface area (Å²) >= 11 is 3.31. The lowest BCUT2D eigenvalue weighted by Gasteiger charge is -2.10. The van der Waals surface area contributed by atoms with Gasteiger partial charge in [-0.3, -0.25) is 9.59 Å². The Hall–Kier alpha value is -3.92. The number of amides is 2. The van der Waals surface area contributed by atoms with E-state index < -0.39 is 17.8 Å². The van der Waals surface area contributed by atoms with Gasteiger partial charge < -0.3 is 19.2 Å². The van der Waals surface area contributed by atoms with Gasteiger partial charge in [-0.25, -0.2) is 10.2 Å². The van der Waals surface area contributed by atoms with E-state index in [2.05, 4.69) is 31.8 Å². The van der Waals surface area contributed by atoms with Crippen molar-refractivity contribution in [3.05, 3.63) is 82.2 Å². The lowest BCUT2D eigenvalue weighted by Crippen LogP contribution is -2.34. The number of nitrogens with zero attached hydrogens (tertiary/aromatic N) is 1. The molecular formula is C22H18BrN3O6. The fourth-order valence-corrected chi connectivity index (χ4v) is 2.95. The average Bonchev–Trinajstić information content (AvgIpc) is 3.33. The number of hydrazone groups is 1. The van der Waals surface area contributed by atoms with E-state index in [1.807, 2.05) is 0 Å². The van der Waals surface area contributed by atoms with Crippen molar-refractivity contribution in [1.82, 2.24) is 10.7 Å². The largest absolute Gasteiger partial charge is 0.493 e. The standard InChI is InChI=1S/C22H18BrN3O6/c1-30-19-11-14(8-9-17(19)32-22(29)15-5-2-3-6-16(15)23)12-25-26-20(27)13-24-21(28)18-7-4-10-31-18/h2-12H,13H2,1H3,(H,24,28)(H,26,27)/b25-12+. The van der Waals surface area contributed by atoms with Crippen molar-refractivity contribution in [2.45, 2.75) is 0 Å². The zero-order valence-corrected chi connectivity index (χ0v) is 18.4. The Morgan fingerprint density at radius 1 is 1.09 bits per heavy atom. The number of ether oxygens (including phenoxy) is 2. The molecule has 0 bridgehead atoms. The number of nitrogens with one attached hydrogen (secondary N) is 2. The summed E-state index contributed by atoms with van der Waals surface area (Å²) < 4.78 is 16.3. The number of benzene rings is 2. The second kappa shape index (κ2) is 10.9. The van der Waals surface area contributed by atoms with Crippen LogP contribution >= 0.6 is 15.9 Å². The van der Waals surface area contributed by atoms with Crippen LogP contribution in [0.5, 0.6) is 11.5 Å². The monoisotopic (exact) mass is 499 g/mol. The highest BCUT2D eigenvalue weighted by atomic mass is 79.9. The summed E-state index contributed by atoms with van der Waals surface area (Å²) in [7, 11) is 1.44. The molecule has 3 rings (SSSR count). The van der Waals surface area contributed by atoms with Gasteiger partial charge in [-0.2, -0.15) is 5.10 Å². The van der Waals surface area contributed by atoms with Gasteiger partial charge >= 0.3 is 5.97 Å². The van der Waals surface area contributed by atoms with Crippen molar-refractivity contribution in [3.63, 3.8) is 0 Å². The van der Waals surface area contributed by atoms with Crippen LogP contribution in [0.25, 0.3) is 0 Å². The van der Waals surface area contributed by atoms with Crippen LogP contribution < -0.4 is 20.2 Å². The highest BCUT2D eigenvalue weighted by Gasteiger charge is 2.15. The Balaban J connectivity index is 1.56. The first kappa shape index (κ1) is 22.8. The van der Waals surface area contributed by atoms with Gasteiger partial charge in [-0.1, -0.05) is 12.1 Å². The molecule has 0 saturated heterocycles. The SMILES string of the molecule is COc1cc(/C=N/NC(=O)CNC(=O)c2ccco2)ccc1OC(=O)c1ccccc1Br. The predicted molar refractivity (Wildman–Crippen MR) is 119 cm³/mol. The molecule has 0 fully saturated rings. The van der Waals surface area contributed by atoms with Gasteiger partial charge in [-0.05, 0) is 64.0 Å². The number of methoxy groups -OCH3 is 1. The molecule has 2 aromatic carbocycles. The van der Waals surface area contributed by atoms with Crippen LogP contribution in [-0.2, 0) is 4.79 Å². The number of hydrogen-bond acceptors (Lipinski definition) is 7. The molecule has 32 heavy (non-hydrogen) atoms. The molecule has 2 N–H and O–H groups in total. The van der Waals surface area contributed by atoms with Crippen LogP contribution in [0.15, 0.2) is 74.9 Å². The summed E-state index contributed by atoms with van der Waals surface area (Å²) in [5.74, 6) is -0.921. The van der Waals surface area contributed by atoms with E-state index in [0.717, 1.165) is 0 Å². The zero-order valence-electron chi connectivity index (χ0n) is 16.8. The molecular weight excluding hydrogens is 482 g/mol. The molecule has 0 unspecified atom stereocenters. The number of carbonyl (C=O) groups excluding carboxylic acids is 3. The van der Waals surface area contributed by atoms with E-state index in [9.17, 15) is 14.4 Å². The minimum absolute atomic E-state index is 0.105. The lowest BCUT2D eigenvalue weighted by molar-refractivity contribution is -0.120. The van der Waals surface area contributed by atoms with Gasteiger partial charge in [0.05, 0.1) is 31.7 Å². The van der Waals surface area contributed by atoms with Gasteiger partial charge in [-0.15, -0.1) is 0 Å². The van der Waals surface area contributed by atoms with E-state index in [4.69, 9.17) is 13.9 Å². The first-order valence-corrected chi connectivity index (χ1v) is 10.1. The number of furan rings is 1. The minimum atomic E-state index is -0.541. The van der Waals surface area contributed by atoms with Gasteiger partial charge in [0.25, 0.3) is 11.8 Å². The maximum atomic E-state index is 12.4. The smallest absolute Gasteiger partial charge is 0.344 e. The second-order valence-corrected chi connectivity index (χ2v) is 7.09. The molecule has 2 amide bonds. The van der Waals surface area contributed by atoms with Crippen LogP contribution in [-0.4, -0.2) is 37.7 Å². The quantitative estimate of drug-likeness (QED) is 0.212. The number of carbonyl (C=O) groups is 3. The van der Waals surface area contributed by atoms with Crippen molar-refractivity contribution in [2.24, 2.45) is 5.10 Å². The Labute approximate surface area is 191 Å². The maximum absolute atomic E-state index is 12.4. The Morgan fingerprint density at radius 2 is 1.91 bits per heavy atom. The summed E-state index contributed by atoms with van der Waals surface area (Å²) in [5.41, 5.74) is 3.26. The van der Waals surface area contributed by atoms with Gasteiger partial charge in [0, 0.05) is 4.47 Å². The fraction of sp³-hybridized carbons (Fsp3) is 0.0909. The molecule has 10 heteroatoms. The van der Waals surface area contributed by atoms with Crippen molar-refractivity contribution < 1.29 is 28.3 Å². The van der Waals surface area contributed by atoms with E-state index in [0.29, 0.717) is 21.3 Å². The van der Waals surface area contributed by atoms with Crippen LogP contribution in [0.2, 0.25) is 0 Å². The normalized spacial score (nSPS) is 10.6. The first-order valence-electron chi connectivity index (χ1n) is 9.26. The lowest BCUT2D eigenvalue weighted by atomic mass is 10.2. The highest BCUT2D eigenvalue weighted by Crippen LogP contribution is 2.29. The molecule has 3 aromatic rings. The molecule has 1 aromatic heterocycles. The third-order valence-electron chi connectivity index (χ3n) is 4.04. The van der Waals surface area contributed by atoms with E-state index >= 15 is 0 Å². The van der Waals surface area contributed by atoms with Crippen molar-refractivity contribution in [1.29, 1.82) is 0 Å². The molecule has 1 heterocycles. The Bertz CT molecular complexity index is 1140. The van der Waals surface area contributed by atoms with Gasteiger partial charge in [0.1, 0.15) is 0 Å². The molecule has 0 saturated carbocycles. The number of halogens is 1. The van der Waals surface area contributed by atoms with Gasteiger partial charge in [0.15, 0.2) is 17.3 Å². The Kier molecular flexibility index (Phi) is 7.76. The molecule has 0 spiro atoms. The number of rotatable bonds is 8. The third-order valence-corrected chi connectivity index (χ3v) is 4.73.